The summed E-state index contributed by atoms with van der Waals surface area (Å²) in [5.74, 6) is 1.53. The first-order valence-electron chi connectivity index (χ1n) is 7.24. The first kappa shape index (κ1) is 13.6. The maximum Gasteiger partial charge on any atom is 0.108 e. The van der Waals surface area contributed by atoms with Crippen LogP contribution in [0.5, 0.6) is 0 Å². The van der Waals surface area contributed by atoms with Gasteiger partial charge in [-0.15, -0.1) is 0 Å². The van der Waals surface area contributed by atoms with Crippen LogP contribution in [0, 0.1) is 5.92 Å². The predicted molar refractivity (Wildman–Crippen MR) is 72.5 cm³/mol. The molecule has 3 heteroatoms. The second kappa shape index (κ2) is 6.39. The third kappa shape index (κ3) is 2.96. The molecule has 0 aromatic carbocycles. The predicted octanol–water partition coefficient (Wildman–Crippen LogP) is 3.04. The van der Waals surface area contributed by atoms with Crippen LogP contribution < -0.4 is 5.32 Å². The number of hydrogen-bond donors (Lipinski definition) is 2. The van der Waals surface area contributed by atoms with Gasteiger partial charge in [0.05, 0.1) is 12.4 Å². The second-order valence-electron chi connectivity index (χ2n) is 5.30. The monoisotopic (exact) mass is 251 g/mol. The molecule has 2 rings (SSSR count). The Morgan fingerprint density at radius 1 is 1.44 bits per heavy atom. The molecular formula is C15H25NO2. The molecule has 102 valence electrons. The lowest BCUT2D eigenvalue weighted by atomic mass is 9.92. The third-order valence-corrected chi connectivity index (χ3v) is 4.22. The molecule has 1 aromatic rings. The van der Waals surface area contributed by atoms with E-state index in [4.69, 9.17) is 4.42 Å². The molecule has 0 saturated carbocycles. The first-order valence-corrected chi connectivity index (χ1v) is 7.24. The third-order valence-electron chi connectivity index (χ3n) is 4.22. The summed E-state index contributed by atoms with van der Waals surface area (Å²) in [5, 5.41) is 13.7. The van der Waals surface area contributed by atoms with Crippen molar-refractivity contribution < 1.29 is 9.52 Å². The molecule has 18 heavy (non-hydrogen) atoms. The average molecular weight is 251 g/mol. The highest BCUT2D eigenvalue weighted by atomic mass is 16.3. The van der Waals surface area contributed by atoms with Crippen molar-refractivity contribution in [2.24, 2.45) is 5.92 Å². The first-order chi connectivity index (χ1) is 8.76. The van der Waals surface area contributed by atoms with Crippen molar-refractivity contribution in [3.8, 4) is 0 Å². The van der Waals surface area contributed by atoms with Crippen molar-refractivity contribution in [3.05, 3.63) is 23.7 Å². The van der Waals surface area contributed by atoms with Crippen molar-refractivity contribution in [1.82, 2.24) is 5.32 Å². The molecule has 1 aromatic heterocycles. The van der Waals surface area contributed by atoms with E-state index in [1.54, 1.807) is 6.26 Å². The lowest BCUT2D eigenvalue weighted by molar-refractivity contribution is 0.0973. The van der Waals surface area contributed by atoms with E-state index in [2.05, 4.69) is 25.2 Å². The minimum atomic E-state index is -0.239. The summed E-state index contributed by atoms with van der Waals surface area (Å²) in [6.07, 6.45) is 6.98. The van der Waals surface area contributed by atoms with Gasteiger partial charge in [0, 0.05) is 24.6 Å². The fourth-order valence-electron chi connectivity index (χ4n) is 2.96. The molecule has 2 unspecified atom stereocenters. The lowest BCUT2D eigenvalue weighted by Crippen LogP contribution is -2.35. The number of nitrogens with one attached hydrogen (secondary N) is 1. The molecule has 0 radical (unpaired) electrons. The Labute approximate surface area is 110 Å². The van der Waals surface area contributed by atoms with E-state index in [1.807, 2.05) is 0 Å². The van der Waals surface area contributed by atoms with Crippen molar-refractivity contribution in [1.29, 1.82) is 0 Å². The molecule has 2 atom stereocenters. The van der Waals surface area contributed by atoms with E-state index < -0.39 is 0 Å². The number of hydrogen-bond acceptors (Lipinski definition) is 3. The van der Waals surface area contributed by atoms with E-state index in [1.165, 1.54) is 12.0 Å². The van der Waals surface area contributed by atoms with Crippen LogP contribution in [0.4, 0.5) is 0 Å². The van der Waals surface area contributed by atoms with Gasteiger partial charge in [-0.1, -0.05) is 26.7 Å². The summed E-state index contributed by atoms with van der Waals surface area (Å²) in [6, 6.07) is 2.42. The molecule has 0 bridgehead atoms. The minimum Gasteiger partial charge on any atom is -0.469 e. The number of aliphatic hydroxyl groups is 1. The zero-order valence-electron chi connectivity index (χ0n) is 11.5. The van der Waals surface area contributed by atoms with Crippen LogP contribution in [0.15, 0.2) is 16.7 Å². The van der Waals surface area contributed by atoms with Crippen molar-refractivity contribution >= 4 is 0 Å². The molecule has 0 fully saturated rings. The van der Waals surface area contributed by atoms with Crippen molar-refractivity contribution in [3.63, 3.8) is 0 Å². The number of aliphatic hydroxyl groups excluding tert-OH is 1. The topological polar surface area (TPSA) is 45.4 Å². The second-order valence-corrected chi connectivity index (χ2v) is 5.30. The molecule has 2 N–H and O–H groups in total. The lowest BCUT2D eigenvalue weighted by Gasteiger charge is -2.26. The summed E-state index contributed by atoms with van der Waals surface area (Å²) in [4.78, 5) is 0. The maximum absolute atomic E-state index is 10.2. The van der Waals surface area contributed by atoms with Gasteiger partial charge in [-0.3, -0.25) is 0 Å². The highest BCUT2D eigenvalue weighted by Gasteiger charge is 2.24. The van der Waals surface area contributed by atoms with Gasteiger partial charge in [-0.05, 0) is 24.8 Å². The molecule has 0 aliphatic heterocycles. The molecule has 1 aliphatic rings. The fourth-order valence-corrected chi connectivity index (χ4v) is 2.96. The maximum atomic E-state index is 10.2. The van der Waals surface area contributed by atoms with Gasteiger partial charge in [-0.2, -0.15) is 0 Å². The Morgan fingerprint density at radius 3 is 2.94 bits per heavy atom. The Bertz CT molecular complexity index is 357. The smallest absolute Gasteiger partial charge is 0.108 e. The summed E-state index contributed by atoms with van der Waals surface area (Å²) in [7, 11) is 0. The van der Waals surface area contributed by atoms with E-state index in [-0.39, 0.29) is 6.10 Å². The highest BCUT2D eigenvalue weighted by Crippen LogP contribution is 2.30. The Hall–Kier alpha value is -0.800. The molecule has 3 nitrogen and oxygen atoms in total. The van der Waals surface area contributed by atoms with Crippen LogP contribution in [-0.2, 0) is 6.42 Å². The average Bonchev–Trinajstić information content (AvgIpc) is 2.86. The van der Waals surface area contributed by atoms with Crippen LogP contribution >= 0.6 is 0 Å². The van der Waals surface area contributed by atoms with Crippen LogP contribution in [0.25, 0.3) is 0 Å². The molecule has 0 amide bonds. The zero-order valence-corrected chi connectivity index (χ0v) is 11.5. The van der Waals surface area contributed by atoms with Crippen LogP contribution in [-0.4, -0.2) is 17.8 Å². The molecule has 1 heterocycles. The Morgan fingerprint density at radius 2 is 2.22 bits per heavy atom. The molecule has 0 spiro atoms. The fraction of sp³-hybridized carbons (Fsp3) is 0.733. The molecular weight excluding hydrogens is 226 g/mol. The normalized spacial score (nSPS) is 21.0. The van der Waals surface area contributed by atoms with Gasteiger partial charge in [0.15, 0.2) is 0 Å². The summed E-state index contributed by atoms with van der Waals surface area (Å²) in [5.41, 5.74) is 1.29. The van der Waals surface area contributed by atoms with E-state index in [9.17, 15) is 5.11 Å². The number of fused-ring (bicyclic) bond motifs is 1. The largest absolute Gasteiger partial charge is 0.469 e. The molecule has 0 saturated heterocycles. The van der Waals surface area contributed by atoms with Crippen LogP contribution in [0.2, 0.25) is 0 Å². The quantitative estimate of drug-likeness (QED) is 0.817. The van der Waals surface area contributed by atoms with E-state index >= 15 is 0 Å². The SMILES string of the molecule is CCC(CC)C(O)CNC1CCCc2occc21. The van der Waals surface area contributed by atoms with Gasteiger partial charge in [0.1, 0.15) is 5.76 Å². The Kier molecular flexibility index (Phi) is 4.84. The van der Waals surface area contributed by atoms with Crippen molar-refractivity contribution in [2.45, 2.75) is 58.1 Å². The highest BCUT2D eigenvalue weighted by molar-refractivity contribution is 5.24. The Balaban J connectivity index is 1.88. The summed E-state index contributed by atoms with van der Waals surface area (Å²) in [6.45, 7) is 4.97. The number of furan rings is 1. The van der Waals surface area contributed by atoms with Crippen LogP contribution in [0.3, 0.4) is 0 Å². The van der Waals surface area contributed by atoms with E-state index in [0.717, 1.165) is 31.4 Å². The van der Waals surface area contributed by atoms with Gasteiger partial charge in [-0.25, -0.2) is 0 Å². The standard InChI is InChI=1S/C15H25NO2/c1-3-11(4-2)14(17)10-16-13-6-5-7-15-12(13)8-9-18-15/h8-9,11,13-14,16-17H,3-7,10H2,1-2H3. The van der Waals surface area contributed by atoms with Gasteiger partial charge in [0.25, 0.3) is 0 Å². The molecule has 1 aliphatic carbocycles. The zero-order chi connectivity index (χ0) is 13.0. The van der Waals surface area contributed by atoms with Gasteiger partial charge >= 0.3 is 0 Å². The minimum absolute atomic E-state index is 0.239. The number of aryl methyl sites for hydroxylation is 1. The summed E-state index contributed by atoms with van der Waals surface area (Å²) < 4.78 is 5.48. The van der Waals surface area contributed by atoms with E-state index in [0.29, 0.717) is 18.5 Å². The summed E-state index contributed by atoms with van der Waals surface area (Å²) >= 11 is 0. The van der Waals surface area contributed by atoms with Crippen molar-refractivity contribution in [2.75, 3.05) is 6.54 Å². The van der Waals surface area contributed by atoms with Gasteiger partial charge in [0.2, 0.25) is 0 Å². The van der Waals surface area contributed by atoms with Gasteiger partial charge < -0.3 is 14.8 Å². The van der Waals surface area contributed by atoms with Crippen LogP contribution in [0.1, 0.15) is 56.9 Å². The number of rotatable bonds is 6.